The standard InChI is InChI=1S/C21H22N2O3S/c1-5-10-27-21-17(22-15-8-6-7-9-16(15)23-21)11-14-12-18(24-2)20(26-4)19(13-14)25-3/h5-9,12-13H,1,10-11H2,2-4H3. The smallest absolute Gasteiger partial charge is 0.203 e. The van der Waals surface area contributed by atoms with Crippen molar-refractivity contribution in [1.29, 1.82) is 0 Å². The van der Waals surface area contributed by atoms with E-state index in [1.807, 2.05) is 42.5 Å². The minimum absolute atomic E-state index is 0.578. The van der Waals surface area contributed by atoms with E-state index in [9.17, 15) is 0 Å². The molecule has 140 valence electrons. The van der Waals surface area contributed by atoms with Crippen LogP contribution in [0.1, 0.15) is 11.3 Å². The first kappa shape index (κ1) is 19.0. The number of rotatable bonds is 8. The summed E-state index contributed by atoms with van der Waals surface area (Å²) in [6.07, 6.45) is 2.47. The van der Waals surface area contributed by atoms with Gasteiger partial charge in [-0.05, 0) is 29.8 Å². The molecule has 0 radical (unpaired) electrons. The molecule has 0 saturated heterocycles. The third-order valence-electron chi connectivity index (χ3n) is 4.04. The summed E-state index contributed by atoms with van der Waals surface area (Å²) in [6, 6.07) is 11.8. The molecule has 0 aliphatic carbocycles. The lowest BCUT2D eigenvalue weighted by Gasteiger charge is -2.15. The van der Waals surface area contributed by atoms with E-state index in [-0.39, 0.29) is 0 Å². The van der Waals surface area contributed by atoms with Gasteiger partial charge in [-0.1, -0.05) is 18.2 Å². The Labute approximate surface area is 163 Å². The quantitative estimate of drug-likeness (QED) is 0.422. The largest absolute Gasteiger partial charge is 0.493 e. The van der Waals surface area contributed by atoms with Gasteiger partial charge >= 0.3 is 0 Å². The number of benzene rings is 2. The summed E-state index contributed by atoms with van der Waals surface area (Å²) in [7, 11) is 4.82. The summed E-state index contributed by atoms with van der Waals surface area (Å²) in [6.45, 7) is 3.80. The van der Waals surface area contributed by atoms with E-state index in [2.05, 4.69) is 6.58 Å². The third kappa shape index (κ3) is 4.17. The minimum Gasteiger partial charge on any atom is -0.493 e. The fourth-order valence-corrected chi connectivity index (χ4v) is 3.54. The van der Waals surface area contributed by atoms with Gasteiger partial charge in [0, 0.05) is 12.2 Å². The maximum atomic E-state index is 5.46. The molecule has 0 amide bonds. The van der Waals surface area contributed by atoms with Crippen LogP contribution in [0.5, 0.6) is 17.2 Å². The Hall–Kier alpha value is -2.73. The van der Waals surface area contributed by atoms with E-state index < -0.39 is 0 Å². The molecular formula is C21H22N2O3S. The zero-order valence-electron chi connectivity index (χ0n) is 15.7. The van der Waals surface area contributed by atoms with Crippen LogP contribution in [0.15, 0.2) is 54.1 Å². The Bertz CT molecular complexity index is 934. The lowest BCUT2D eigenvalue weighted by molar-refractivity contribution is 0.324. The van der Waals surface area contributed by atoms with Crippen LogP contribution in [-0.2, 0) is 6.42 Å². The highest BCUT2D eigenvalue weighted by Gasteiger charge is 2.16. The molecule has 0 unspecified atom stereocenters. The molecule has 0 fully saturated rings. The van der Waals surface area contributed by atoms with Gasteiger partial charge in [-0.25, -0.2) is 9.97 Å². The first-order chi connectivity index (χ1) is 13.2. The number of nitrogens with zero attached hydrogens (tertiary/aromatic N) is 2. The molecule has 3 aromatic rings. The first-order valence-corrected chi connectivity index (χ1v) is 9.47. The zero-order valence-corrected chi connectivity index (χ0v) is 16.5. The number of methoxy groups -OCH3 is 3. The molecule has 0 atom stereocenters. The van der Waals surface area contributed by atoms with Crippen molar-refractivity contribution >= 4 is 22.8 Å². The number of hydrogen-bond donors (Lipinski definition) is 0. The summed E-state index contributed by atoms with van der Waals surface area (Å²) in [4.78, 5) is 9.64. The molecule has 2 aromatic carbocycles. The van der Waals surface area contributed by atoms with Crippen molar-refractivity contribution in [2.75, 3.05) is 27.1 Å². The molecule has 6 heteroatoms. The van der Waals surface area contributed by atoms with E-state index in [0.717, 1.165) is 33.1 Å². The fourth-order valence-electron chi connectivity index (χ4n) is 2.82. The molecule has 0 saturated carbocycles. The first-order valence-electron chi connectivity index (χ1n) is 8.48. The molecule has 3 rings (SSSR count). The monoisotopic (exact) mass is 382 g/mol. The van der Waals surface area contributed by atoms with E-state index in [1.54, 1.807) is 33.1 Å². The van der Waals surface area contributed by atoms with Crippen LogP contribution in [0.4, 0.5) is 0 Å². The van der Waals surface area contributed by atoms with Crippen molar-refractivity contribution in [3.05, 3.63) is 60.3 Å². The number of aromatic nitrogens is 2. The Morgan fingerprint density at radius 1 is 0.963 bits per heavy atom. The van der Waals surface area contributed by atoms with Crippen LogP contribution >= 0.6 is 11.8 Å². The Morgan fingerprint density at radius 3 is 2.15 bits per heavy atom. The lowest BCUT2D eigenvalue weighted by Crippen LogP contribution is -2.02. The molecule has 0 aliphatic rings. The summed E-state index contributed by atoms with van der Waals surface area (Å²) >= 11 is 1.63. The second-order valence-corrected chi connectivity index (χ2v) is 6.78. The van der Waals surface area contributed by atoms with Gasteiger partial charge in [0.15, 0.2) is 11.5 Å². The Kier molecular flexibility index (Phi) is 6.19. The SMILES string of the molecule is C=CCSc1nc2ccccc2nc1Cc1cc(OC)c(OC)c(OC)c1. The maximum absolute atomic E-state index is 5.46. The van der Waals surface area contributed by atoms with Gasteiger partial charge < -0.3 is 14.2 Å². The van der Waals surface area contributed by atoms with Crippen molar-refractivity contribution in [3.63, 3.8) is 0 Å². The lowest BCUT2D eigenvalue weighted by atomic mass is 10.1. The van der Waals surface area contributed by atoms with Crippen molar-refractivity contribution < 1.29 is 14.2 Å². The van der Waals surface area contributed by atoms with Crippen molar-refractivity contribution in [1.82, 2.24) is 9.97 Å². The zero-order chi connectivity index (χ0) is 19.2. The summed E-state index contributed by atoms with van der Waals surface area (Å²) in [5.41, 5.74) is 3.69. The van der Waals surface area contributed by atoms with Crippen LogP contribution in [0.3, 0.4) is 0 Å². The van der Waals surface area contributed by atoms with Gasteiger partial charge in [-0.3, -0.25) is 0 Å². The Balaban J connectivity index is 2.05. The molecule has 1 aromatic heterocycles. The van der Waals surface area contributed by atoms with Crippen molar-refractivity contribution in [2.45, 2.75) is 11.4 Å². The normalized spacial score (nSPS) is 10.6. The number of fused-ring (bicyclic) bond motifs is 1. The predicted molar refractivity (Wildman–Crippen MR) is 109 cm³/mol. The summed E-state index contributed by atoms with van der Waals surface area (Å²) in [5, 5.41) is 0.905. The van der Waals surface area contributed by atoms with E-state index in [1.165, 1.54) is 0 Å². The van der Waals surface area contributed by atoms with Crippen LogP contribution in [0.2, 0.25) is 0 Å². The second-order valence-electron chi connectivity index (χ2n) is 5.77. The topological polar surface area (TPSA) is 53.5 Å². The molecular weight excluding hydrogens is 360 g/mol. The highest BCUT2D eigenvalue weighted by atomic mass is 32.2. The molecule has 1 heterocycles. The minimum atomic E-state index is 0.578. The van der Waals surface area contributed by atoms with Gasteiger partial charge in [0.2, 0.25) is 5.75 Å². The van der Waals surface area contributed by atoms with E-state index in [0.29, 0.717) is 23.7 Å². The predicted octanol–water partition coefficient (Wildman–Crippen LogP) is 4.52. The van der Waals surface area contributed by atoms with Crippen LogP contribution in [0, 0.1) is 0 Å². The average Bonchev–Trinajstić information content (AvgIpc) is 2.71. The van der Waals surface area contributed by atoms with Crippen LogP contribution in [-0.4, -0.2) is 37.1 Å². The Morgan fingerprint density at radius 2 is 1.59 bits per heavy atom. The molecule has 5 nitrogen and oxygen atoms in total. The molecule has 0 aliphatic heterocycles. The third-order valence-corrected chi connectivity index (χ3v) is 5.04. The van der Waals surface area contributed by atoms with Gasteiger partial charge in [0.1, 0.15) is 5.03 Å². The number of hydrogen-bond acceptors (Lipinski definition) is 6. The van der Waals surface area contributed by atoms with Crippen LogP contribution < -0.4 is 14.2 Å². The van der Waals surface area contributed by atoms with Gasteiger partial charge in [-0.15, -0.1) is 18.3 Å². The van der Waals surface area contributed by atoms with Crippen molar-refractivity contribution in [2.24, 2.45) is 0 Å². The molecule has 0 spiro atoms. The number of ether oxygens (including phenoxy) is 3. The summed E-state index contributed by atoms with van der Waals surface area (Å²) in [5.74, 6) is 2.60. The molecule has 0 bridgehead atoms. The highest BCUT2D eigenvalue weighted by Crippen LogP contribution is 2.39. The maximum Gasteiger partial charge on any atom is 0.203 e. The number of para-hydroxylation sites is 2. The van der Waals surface area contributed by atoms with E-state index in [4.69, 9.17) is 24.2 Å². The van der Waals surface area contributed by atoms with Gasteiger partial charge in [0.25, 0.3) is 0 Å². The average molecular weight is 382 g/mol. The summed E-state index contributed by atoms with van der Waals surface area (Å²) < 4.78 is 16.3. The van der Waals surface area contributed by atoms with Gasteiger partial charge in [0.05, 0.1) is 38.1 Å². The number of thioether (sulfide) groups is 1. The fraction of sp³-hybridized carbons (Fsp3) is 0.238. The van der Waals surface area contributed by atoms with Gasteiger partial charge in [-0.2, -0.15) is 0 Å². The molecule has 0 N–H and O–H groups in total. The second kappa shape index (κ2) is 8.77. The molecule has 27 heavy (non-hydrogen) atoms. The van der Waals surface area contributed by atoms with Crippen molar-refractivity contribution in [3.8, 4) is 17.2 Å². The highest BCUT2D eigenvalue weighted by molar-refractivity contribution is 7.99. The van der Waals surface area contributed by atoms with Crippen LogP contribution in [0.25, 0.3) is 11.0 Å². The van der Waals surface area contributed by atoms with E-state index >= 15 is 0 Å².